The summed E-state index contributed by atoms with van der Waals surface area (Å²) in [6.07, 6.45) is 2.37. The normalized spacial score (nSPS) is 16.9. The minimum Gasteiger partial charge on any atom is -0.511 e. The van der Waals surface area contributed by atoms with Crippen LogP contribution < -0.4 is 5.73 Å². The van der Waals surface area contributed by atoms with Gasteiger partial charge in [-0.3, -0.25) is 9.79 Å². The van der Waals surface area contributed by atoms with Gasteiger partial charge in [0.05, 0.1) is 17.0 Å². The summed E-state index contributed by atoms with van der Waals surface area (Å²) in [6, 6.07) is 7.14. The first-order chi connectivity index (χ1) is 9.11. The number of carbonyl (C=O) groups excluding carboxylic acids is 1. The Bertz CT molecular complexity index is 542. The summed E-state index contributed by atoms with van der Waals surface area (Å²) < 4.78 is 0. The molecule has 4 heteroatoms. The molecule has 2 rings (SSSR count). The number of nitrogens with zero attached hydrogens (tertiary/aromatic N) is 1. The molecule has 0 saturated heterocycles. The van der Waals surface area contributed by atoms with Crippen LogP contribution in [-0.2, 0) is 4.79 Å². The van der Waals surface area contributed by atoms with E-state index in [0.717, 1.165) is 5.69 Å². The molecule has 0 fully saturated rings. The maximum Gasteiger partial charge on any atom is 0.168 e. The number of Topliss-reactive ketones (excluding diaryl/α,β-unsaturated/α-hetero) is 1. The second-order valence-electron chi connectivity index (χ2n) is 4.60. The van der Waals surface area contributed by atoms with Crippen LogP contribution in [0.25, 0.3) is 0 Å². The van der Waals surface area contributed by atoms with Gasteiger partial charge in [0.1, 0.15) is 5.76 Å². The number of nitrogen functional groups attached to an aromatic ring is 1. The predicted octanol–water partition coefficient (Wildman–Crippen LogP) is 3.32. The van der Waals surface area contributed by atoms with Crippen LogP contribution >= 0.6 is 0 Å². The van der Waals surface area contributed by atoms with Crippen LogP contribution in [0.4, 0.5) is 11.4 Å². The third-order valence-electron chi connectivity index (χ3n) is 3.17. The minimum absolute atomic E-state index is 0.0141. The molecule has 0 radical (unpaired) electrons. The largest absolute Gasteiger partial charge is 0.511 e. The number of hydrogen-bond acceptors (Lipinski definition) is 4. The number of ketones is 1. The molecule has 100 valence electrons. The zero-order valence-electron chi connectivity index (χ0n) is 11.0. The lowest BCUT2D eigenvalue weighted by molar-refractivity contribution is -0.115. The number of benzene rings is 1. The van der Waals surface area contributed by atoms with E-state index in [2.05, 4.69) is 4.99 Å². The van der Waals surface area contributed by atoms with Gasteiger partial charge in [-0.1, -0.05) is 6.92 Å². The smallest absolute Gasteiger partial charge is 0.168 e. The molecule has 1 aliphatic rings. The second kappa shape index (κ2) is 5.69. The van der Waals surface area contributed by atoms with Crippen molar-refractivity contribution in [3.05, 3.63) is 35.6 Å². The van der Waals surface area contributed by atoms with Crippen molar-refractivity contribution in [1.82, 2.24) is 0 Å². The Balaban J connectivity index is 2.39. The molecule has 0 bridgehead atoms. The fourth-order valence-corrected chi connectivity index (χ4v) is 2.17. The molecular formula is C15H18N2O2. The van der Waals surface area contributed by atoms with Gasteiger partial charge >= 0.3 is 0 Å². The highest BCUT2D eigenvalue weighted by Gasteiger charge is 2.23. The van der Waals surface area contributed by atoms with Gasteiger partial charge in [0.2, 0.25) is 0 Å². The van der Waals surface area contributed by atoms with Crippen molar-refractivity contribution >= 4 is 22.9 Å². The number of rotatable bonds is 3. The maximum absolute atomic E-state index is 11.9. The van der Waals surface area contributed by atoms with Crippen LogP contribution in [-0.4, -0.2) is 16.6 Å². The first kappa shape index (κ1) is 13.3. The molecule has 0 aliphatic heterocycles. The summed E-state index contributed by atoms with van der Waals surface area (Å²) in [5.41, 5.74) is 8.09. The van der Waals surface area contributed by atoms with Crippen molar-refractivity contribution in [3.8, 4) is 0 Å². The monoisotopic (exact) mass is 258 g/mol. The zero-order valence-corrected chi connectivity index (χ0v) is 11.0. The lowest BCUT2D eigenvalue weighted by Gasteiger charge is -2.16. The number of aliphatic hydroxyl groups excluding tert-OH is 1. The van der Waals surface area contributed by atoms with Crippen LogP contribution in [0.3, 0.4) is 0 Å². The van der Waals surface area contributed by atoms with Crippen molar-refractivity contribution in [3.63, 3.8) is 0 Å². The molecule has 4 nitrogen and oxygen atoms in total. The Hall–Kier alpha value is -2.10. The minimum atomic E-state index is -0.0141. The van der Waals surface area contributed by atoms with E-state index < -0.39 is 0 Å². The van der Waals surface area contributed by atoms with E-state index in [1.54, 1.807) is 24.3 Å². The summed E-state index contributed by atoms with van der Waals surface area (Å²) in [5.74, 6) is 0.159. The highest BCUT2D eigenvalue weighted by Crippen LogP contribution is 2.24. The molecule has 0 spiro atoms. The molecule has 0 aromatic heterocycles. The maximum atomic E-state index is 11.9. The summed E-state index contributed by atoms with van der Waals surface area (Å²) in [4.78, 5) is 16.4. The summed E-state index contributed by atoms with van der Waals surface area (Å²) in [7, 11) is 0. The van der Waals surface area contributed by atoms with Gasteiger partial charge in [-0.2, -0.15) is 0 Å². The Kier molecular flexibility index (Phi) is 4.00. The van der Waals surface area contributed by atoms with Crippen LogP contribution in [0.15, 0.2) is 40.6 Å². The van der Waals surface area contributed by atoms with Crippen molar-refractivity contribution < 1.29 is 9.90 Å². The first-order valence-electron chi connectivity index (χ1n) is 6.50. The van der Waals surface area contributed by atoms with Gasteiger partial charge in [0.25, 0.3) is 0 Å². The Labute approximate surface area is 112 Å². The fourth-order valence-electron chi connectivity index (χ4n) is 2.17. The van der Waals surface area contributed by atoms with Crippen LogP contribution in [0.5, 0.6) is 0 Å². The van der Waals surface area contributed by atoms with E-state index in [0.29, 0.717) is 42.7 Å². The molecule has 0 amide bonds. The van der Waals surface area contributed by atoms with Crippen LogP contribution in [0, 0.1) is 0 Å². The van der Waals surface area contributed by atoms with E-state index in [9.17, 15) is 9.90 Å². The Morgan fingerprint density at radius 1 is 1.32 bits per heavy atom. The van der Waals surface area contributed by atoms with Crippen LogP contribution in [0.1, 0.15) is 32.6 Å². The lowest BCUT2D eigenvalue weighted by Crippen LogP contribution is -2.18. The average molecular weight is 258 g/mol. The zero-order chi connectivity index (χ0) is 13.8. The third kappa shape index (κ3) is 3.02. The van der Waals surface area contributed by atoms with E-state index in [4.69, 9.17) is 5.73 Å². The van der Waals surface area contributed by atoms with Gasteiger partial charge < -0.3 is 10.8 Å². The quantitative estimate of drug-likeness (QED) is 0.645. The molecule has 0 atom stereocenters. The molecule has 3 N–H and O–H groups in total. The standard InChI is InChI=1S/C15H18N2O2/c1-2-12(15-13(18)4-3-5-14(15)19)17-11-8-6-10(16)7-9-11/h6-9,18H,2-5,16H2,1H3. The van der Waals surface area contributed by atoms with Gasteiger partial charge in [0.15, 0.2) is 5.78 Å². The number of allylic oxidation sites excluding steroid dienone is 2. The molecular weight excluding hydrogens is 240 g/mol. The van der Waals surface area contributed by atoms with E-state index in [-0.39, 0.29) is 11.5 Å². The van der Waals surface area contributed by atoms with Crippen LogP contribution in [0.2, 0.25) is 0 Å². The Morgan fingerprint density at radius 2 is 2.00 bits per heavy atom. The average Bonchev–Trinajstić information content (AvgIpc) is 2.39. The van der Waals surface area contributed by atoms with Gasteiger partial charge in [-0.15, -0.1) is 0 Å². The number of hydrogen-bond donors (Lipinski definition) is 2. The summed E-state index contributed by atoms with van der Waals surface area (Å²) >= 11 is 0. The molecule has 19 heavy (non-hydrogen) atoms. The van der Waals surface area contributed by atoms with Crippen molar-refractivity contribution in [2.75, 3.05) is 5.73 Å². The highest BCUT2D eigenvalue weighted by atomic mass is 16.3. The lowest BCUT2D eigenvalue weighted by atomic mass is 9.92. The van der Waals surface area contributed by atoms with Gasteiger partial charge in [-0.25, -0.2) is 0 Å². The van der Waals surface area contributed by atoms with Gasteiger partial charge in [0, 0.05) is 18.5 Å². The topological polar surface area (TPSA) is 75.7 Å². The molecule has 0 saturated carbocycles. The molecule has 1 aromatic rings. The molecule has 0 heterocycles. The highest BCUT2D eigenvalue weighted by molar-refractivity contribution is 6.23. The summed E-state index contributed by atoms with van der Waals surface area (Å²) in [6.45, 7) is 1.93. The third-order valence-corrected chi connectivity index (χ3v) is 3.17. The van der Waals surface area contributed by atoms with Crippen molar-refractivity contribution in [2.45, 2.75) is 32.6 Å². The van der Waals surface area contributed by atoms with Crippen molar-refractivity contribution in [2.24, 2.45) is 4.99 Å². The number of carbonyl (C=O) groups is 1. The van der Waals surface area contributed by atoms with E-state index in [1.165, 1.54) is 0 Å². The second-order valence-corrected chi connectivity index (χ2v) is 4.60. The van der Waals surface area contributed by atoms with Gasteiger partial charge in [-0.05, 0) is 37.1 Å². The first-order valence-corrected chi connectivity index (χ1v) is 6.50. The number of nitrogens with two attached hydrogens (primary N) is 1. The fraction of sp³-hybridized carbons (Fsp3) is 0.333. The summed E-state index contributed by atoms with van der Waals surface area (Å²) in [5, 5.41) is 9.92. The van der Waals surface area contributed by atoms with E-state index >= 15 is 0 Å². The number of anilines is 1. The molecule has 1 aliphatic carbocycles. The van der Waals surface area contributed by atoms with Crippen molar-refractivity contribution in [1.29, 1.82) is 0 Å². The van der Waals surface area contributed by atoms with E-state index in [1.807, 2.05) is 6.92 Å². The Morgan fingerprint density at radius 3 is 2.58 bits per heavy atom. The SMILES string of the molecule is CCC(=Nc1ccc(N)cc1)C1=C(O)CCCC1=O. The number of aliphatic hydroxyl groups is 1. The number of aliphatic imine (C=N–C) groups is 1. The molecule has 1 aromatic carbocycles. The predicted molar refractivity (Wildman–Crippen MR) is 76.8 cm³/mol. The molecule has 0 unspecified atom stereocenters.